The molecule has 0 bridgehead atoms. The minimum atomic E-state index is -1.26. The maximum atomic E-state index is 13.6. The second-order valence-electron chi connectivity index (χ2n) is 7.29. The van der Waals surface area contributed by atoms with Crippen molar-refractivity contribution in [3.63, 3.8) is 0 Å². The van der Waals surface area contributed by atoms with Crippen molar-refractivity contribution in [2.45, 2.75) is 57.2 Å². The zero-order valence-electron chi connectivity index (χ0n) is 15.1. The van der Waals surface area contributed by atoms with Crippen molar-refractivity contribution < 1.29 is 9.95 Å². The van der Waals surface area contributed by atoms with Crippen LogP contribution in [0.1, 0.15) is 51.5 Å². The first-order valence-corrected chi connectivity index (χ1v) is 9.24. The molecule has 1 aromatic carbocycles. The maximum absolute atomic E-state index is 13.6. The van der Waals surface area contributed by atoms with Gasteiger partial charge in [-0.2, -0.15) is 9.84 Å². The quantitative estimate of drug-likeness (QED) is 0.317. The fourth-order valence-corrected chi connectivity index (χ4v) is 4.09. The third-order valence-electron chi connectivity index (χ3n) is 5.25. The summed E-state index contributed by atoms with van der Waals surface area (Å²) in [5.74, 6) is 0. The first-order chi connectivity index (χ1) is 12.3. The molecule has 1 atom stereocenters. The van der Waals surface area contributed by atoms with Gasteiger partial charge in [-0.1, -0.05) is 24.6 Å². The third-order valence-corrected chi connectivity index (χ3v) is 5.34. The summed E-state index contributed by atoms with van der Waals surface area (Å²) in [7, 11) is 0. The number of hydroxylamine groups is 3. The standard InChI is InChI=1S/C18H25N5O2S/c1-17(2)15(13-9-5-3-6-10-13)22(24)18(23(17)25)12-8-4-7-11-14(18)20-21-16(19)26/h3,5-6,9-10,25H,4,7-8,11-12H2,1-2H3,(H3,19,21,26)/b20-14+. The van der Waals surface area contributed by atoms with E-state index in [0.29, 0.717) is 24.3 Å². The van der Waals surface area contributed by atoms with Gasteiger partial charge < -0.3 is 16.1 Å². The molecule has 1 aliphatic heterocycles. The van der Waals surface area contributed by atoms with E-state index < -0.39 is 11.2 Å². The minimum absolute atomic E-state index is 0.0309. The van der Waals surface area contributed by atoms with Crippen LogP contribution in [0.2, 0.25) is 0 Å². The lowest BCUT2D eigenvalue weighted by molar-refractivity contribution is -0.567. The van der Waals surface area contributed by atoms with Crippen molar-refractivity contribution in [3.8, 4) is 0 Å². The molecule has 0 aromatic heterocycles. The van der Waals surface area contributed by atoms with Crippen LogP contribution >= 0.6 is 12.2 Å². The van der Waals surface area contributed by atoms with Crippen LogP contribution in [0.3, 0.4) is 0 Å². The molecular weight excluding hydrogens is 350 g/mol. The van der Waals surface area contributed by atoms with Crippen LogP contribution in [0.15, 0.2) is 35.4 Å². The van der Waals surface area contributed by atoms with E-state index in [2.05, 4.69) is 10.5 Å². The lowest BCUT2D eigenvalue weighted by Crippen LogP contribution is -2.59. The van der Waals surface area contributed by atoms with Crippen molar-refractivity contribution in [3.05, 3.63) is 41.1 Å². The van der Waals surface area contributed by atoms with E-state index in [0.717, 1.165) is 29.6 Å². The van der Waals surface area contributed by atoms with Gasteiger partial charge in [0.15, 0.2) is 5.11 Å². The van der Waals surface area contributed by atoms with E-state index in [9.17, 15) is 10.4 Å². The number of benzene rings is 1. The Morgan fingerprint density at radius 1 is 1.31 bits per heavy atom. The Balaban J connectivity index is 2.20. The van der Waals surface area contributed by atoms with Gasteiger partial charge in [-0.25, -0.2) is 0 Å². The molecule has 1 aliphatic carbocycles. The Bertz CT molecular complexity index is 762. The summed E-state index contributed by atoms with van der Waals surface area (Å²) >= 11 is 4.85. The molecule has 8 heteroatoms. The molecule has 0 amide bonds. The molecule has 1 aromatic rings. The Kier molecular flexibility index (Phi) is 5.01. The summed E-state index contributed by atoms with van der Waals surface area (Å²) in [6, 6.07) is 9.44. The zero-order chi connectivity index (χ0) is 18.9. The van der Waals surface area contributed by atoms with Crippen LogP contribution in [0, 0.1) is 5.21 Å². The molecule has 1 unspecified atom stereocenters. The predicted octanol–water partition coefficient (Wildman–Crippen LogP) is 2.32. The highest BCUT2D eigenvalue weighted by Crippen LogP contribution is 2.41. The van der Waals surface area contributed by atoms with Crippen LogP contribution in [0.25, 0.3) is 0 Å². The monoisotopic (exact) mass is 375 g/mol. The normalized spacial score (nSPS) is 27.7. The molecule has 1 heterocycles. The average Bonchev–Trinajstić information content (AvgIpc) is 2.77. The number of thiocarbonyl (C=S) groups is 1. The SMILES string of the molecule is CC1(C)C(c2ccccc2)=[N+]([O-])C2(CCCCC/C2=N\NC(N)=S)N1O. The highest BCUT2D eigenvalue weighted by Gasteiger charge is 2.64. The molecule has 1 fully saturated rings. The Labute approximate surface area is 158 Å². The molecule has 0 saturated heterocycles. The van der Waals surface area contributed by atoms with E-state index in [1.54, 1.807) is 0 Å². The van der Waals surface area contributed by atoms with Crippen molar-refractivity contribution in [2.75, 3.05) is 0 Å². The Morgan fingerprint density at radius 2 is 2.00 bits per heavy atom. The Morgan fingerprint density at radius 3 is 2.65 bits per heavy atom. The minimum Gasteiger partial charge on any atom is -0.622 e. The largest absolute Gasteiger partial charge is 0.622 e. The average molecular weight is 375 g/mol. The van der Waals surface area contributed by atoms with Crippen LogP contribution in [0.4, 0.5) is 0 Å². The van der Waals surface area contributed by atoms with Gasteiger partial charge in [-0.05, 0) is 57.5 Å². The summed E-state index contributed by atoms with van der Waals surface area (Å²) in [5, 5.41) is 30.3. The molecule has 7 nitrogen and oxygen atoms in total. The number of hydrazone groups is 1. The highest BCUT2D eigenvalue weighted by atomic mass is 32.1. The molecule has 140 valence electrons. The topological polar surface area (TPSA) is 100.0 Å². The number of hydrogen-bond donors (Lipinski definition) is 3. The zero-order valence-corrected chi connectivity index (χ0v) is 15.9. The number of rotatable bonds is 2. The van der Waals surface area contributed by atoms with Crippen molar-refractivity contribution in [1.29, 1.82) is 0 Å². The summed E-state index contributed by atoms with van der Waals surface area (Å²) in [6.07, 6.45) is 3.74. The van der Waals surface area contributed by atoms with Crippen LogP contribution in [-0.4, -0.2) is 42.7 Å². The number of nitrogens with two attached hydrogens (primary N) is 1. The van der Waals surface area contributed by atoms with E-state index in [4.69, 9.17) is 18.0 Å². The third kappa shape index (κ3) is 2.87. The first-order valence-electron chi connectivity index (χ1n) is 8.83. The van der Waals surface area contributed by atoms with E-state index in [-0.39, 0.29) is 5.11 Å². The van der Waals surface area contributed by atoms with Crippen LogP contribution in [-0.2, 0) is 0 Å². The summed E-state index contributed by atoms with van der Waals surface area (Å²) in [6.45, 7) is 3.69. The van der Waals surface area contributed by atoms with Gasteiger partial charge in [-0.3, -0.25) is 5.43 Å². The number of hydrogen-bond acceptors (Lipinski definition) is 5. The van der Waals surface area contributed by atoms with Gasteiger partial charge in [0.05, 0.1) is 0 Å². The molecule has 2 aliphatic rings. The predicted molar refractivity (Wildman–Crippen MR) is 105 cm³/mol. The van der Waals surface area contributed by atoms with Crippen molar-refractivity contribution in [1.82, 2.24) is 10.5 Å². The van der Waals surface area contributed by atoms with E-state index in [1.165, 1.54) is 5.06 Å². The summed E-state index contributed by atoms with van der Waals surface area (Å²) in [4.78, 5) is 0. The van der Waals surface area contributed by atoms with Crippen LogP contribution in [0.5, 0.6) is 0 Å². The molecule has 0 radical (unpaired) electrons. The van der Waals surface area contributed by atoms with Crippen molar-refractivity contribution >= 4 is 28.8 Å². The fraction of sp³-hybridized carbons (Fsp3) is 0.500. The summed E-state index contributed by atoms with van der Waals surface area (Å²) in [5.41, 5.74) is 7.84. The van der Waals surface area contributed by atoms with Gasteiger partial charge in [-0.15, -0.1) is 5.06 Å². The lowest BCUT2D eigenvalue weighted by atomic mass is 9.91. The molecule has 1 spiro atoms. The summed E-state index contributed by atoms with van der Waals surface area (Å²) < 4.78 is 0.938. The van der Waals surface area contributed by atoms with Gasteiger partial charge >= 0.3 is 0 Å². The smallest absolute Gasteiger partial charge is 0.292 e. The molecular formula is C18H25N5O2S. The number of nitrogens with zero attached hydrogens (tertiary/aromatic N) is 3. The molecule has 26 heavy (non-hydrogen) atoms. The Hall–Kier alpha value is -2.03. The molecule has 3 rings (SSSR count). The van der Waals surface area contributed by atoms with Gasteiger partial charge in [0.25, 0.3) is 5.66 Å². The lowest BCUT2D eigenvalue weighted by Gasteiger charge is -2.35. The molecule has 4 N–H and O–H groups in total. The molecule has 1 saturated carbocycles. The second kappa shape index (κ2) is 6.94. The van der Waals surface area contributed by atoms with E-state index >= 15 is 0 Å². The number of nitrogens with one attached hydrogen (secondary N) is 1. The van der Waals surface area contributed by atoms with Gasteiger partial charge in [0.2, 0.25) is 5.71 Å². The van der Waals surface area contributed by atoms with Gasteiger partial charge in [0.1, 0.15) is 11.3 Å². The maximum Gasteiger partial charge on any atom is 0.292 e. The fourth-order valence-electron chi connectivity index (χ4n) is 4.05. The highest BCUT2D eigenvalue weighted by molar-refractivity contribution is 7.80. The first kappa shape index (κ1) is 18.8. The second-order valence-corrected chi connectivity index (χ2v) is 7.73. The van der Waals surface area contributed by atoms with E-state index in [1.807, 2.05) is 44.2 Å². The van der Waals surface area contributed by atoms with Crippen molar-refractivity contribution in [2.24, 2.45) is 10.8 Å². The van der Waals surface area contributed by atoms with Crippen LogP contribution < -0.4 is 11.2 Å². The van der Waals surface area contributed by atoms with Gasteiger partial charge in [0, 0.05) is 12.0 Å².